The molecule has 3 aromatic rings. The van der Waals surface area contributed by atoms with Crippen molar-refractivity contribution < 1.29 is 28.9 Å². The number of aliphatic carboxylic acids is 1. The van der Waals surface area contributed by atoms with E-state index in [0.29, 0.717) is 18.1 Å². The summed E-state index contributed by atoms with van der Waals surface area (Å²) in [4.78, 5) is 29.0. The van der Waals surface area contributed by atoms with E-state index in [1.807, 2.05) is 60.0 Å². The lowest BCUT2D eigenvalue weighted by Crippen LogP contribution is -2.50. The van der Waals surface area contributed by atoms with Gasteiger partial charge in [0.1, 0.15) is 12.6 Å². The molecule has 2 atom stereocenters. The summed E-state index contributed by atoms with van der Waals surface area (Å²) in [6.45, 7) is 0.512. The number of nitrogens with zero attached hydrogens (tertiary/aromatic N) is 1. The van der Waals surface area contributed by atoms with E-state index >= 15 is 0 Å². The number of rotatable bonds is 9. The van der Waals surface area contributed by atoms with Gasteiger partial charge in [-0.1, -0.05) is 55.3 Å². The average Bonchev–Trinajstić information content (AvgIpc) is 3.64. The van der Waals surface area contributed by atoms with Gasteiger partial charge in [0.05, 0.1) is 13.2 Å². The van der Waals surface area contributed by atoms with Crippen LogP contribution in [0, 0.1) is 0 Å². The van der Waals surface area contributed by atoms with E-state index in [4.69, 9.17) is 14.2 Å². The molecule has 7 nitrogen and oxygen atoms in total. The van der Waals surface area contributed by atoms with Crippen molar-refractivity contribution in [1.82, 2.24) is 4.90 Å². The first-order chi connectivity index (χ1) is 18.0. The van der Waals surface area contributed by atoms with Gasteiger partial charge in [-0.2, -0.15) is 0 Å². The Bertz CT molecular complexity index is 1220. The van der Waals surface area contributed by atoms with Crippen LogP contribution < -0.4 is 9.47 Å². The summed E-state index contributed by atoms with van der Waals surface area (Å²) in [5.74, 6) is -0.300. The zero-order valence-electron chi connectivity index (χ0n) is 20.8. The molecule has 1 N–H and O–H groups in total. The molecule has 2 aromatic carbocycles. The van der Waals surface area contributed by atoms with E-state index in [9.17, 15) is 14.7 Å². The molecule has 0 bridgehead atoms. The fraction of sp³-hybridized carbons (Fsp3) is 0.379. The van der Waals surface area contributed by atoms with Gasteiger partial charge in [0.25, 0.3) is 5.91 Å². The van der Waals surface area contributed by atoms with Crippen molar-refractivity contribution in [1.29, 1.82) is 0 Å². The van der Waals surface area contributed by atoms with Gasteiger partial charge in [-0.15, -0.1) is 11.3 Å². The summed E-state index contributed by atoms with van der Waals surface area (Å²) in [6, 6.07) is 16.0. The van der Waals surface area contributed by atoms with E-state index < -0.39 is 18.1 Å². The molecular formula is C29H31NO6S. The highest BCUT2D eigenvalue weighted by molar-refractivity contribution is 7.09. The number of hydrogen-bond acceptors (Lipinski definition) is 6. The second-order valence-corrected chi connectivity index (χ2v) is 10.5. The minimum Gasteiger partial charge on any atom is -0.493 e. The van der Waals surface area contributed by atoms with Gasteiger partial charge in [-0.05, 0) is 41.5 Å². The number of carboxylic acid groups (broad SMARTS) is 1. The van der Waals surface area contributed by atoms with Crippen molar-refractivity contribution in [3.8, 4) is 11.5 Å². The molecule has 1 fully saturated rings. The molecule has 0 radical (unpaired) electrons. The maximum atomic E-state index is 14.0. The van der Waals surface area contributed by atoms with Crippen LogP contribution in [0.15, 0.2) is 60.0 Å². The van der Waals surface area contributed by atoms with Gasteiger partial charge in [0.15, 0.2) is 17.6 Å². The van der Waals surface area contributed by atoms with Crippen LogP contribution in [0.2, 0.25) is 0 Å². The Kier molecular flexibility index (Phi) is 7.76. The predicted octanol–water partition coefficient (Wildman–Crippen LogP) is 5.37. The van der Waals surface area contributed by atoms with Gasteiger partial charge in [0.2, 0.25) is 0 Å². The van der Waals surface area contributed by atoms with E-state index in [-0.39, 0.29) is 25.0 Å². The Labute approximate surface area is 220 Å². The van der Waals surface area contributed by atoms with Crippen LogP contribution in [0.25, 0.3) is 0 Å². The Morgan fingerprint density at radius 3 is 2.54 bits per heavy atom. The lowest BCUT2D eigenvalue weighted by atomic mass is 9.91. The zero-order chi connectivity index (χ0) is 25.8. The third kappa shape index (κ3) is 5.50. The molecule has 1 aliphatic carbocycles. The standard InChI is InChI=1S/C29H31NO6S/c1-34-25-14-13-20-17-30(24(29(32)33)16-23(20)27(25)35-18-22-12-7-15-37-22)28(31)26(19-8-3-2-4-9-19)36-21-10-5-6-11-21/h2-4,7-9,12-15,21,24,26H,5-6,10-11,16-18H2,1H3,(H,32,33). The van der Waals surface area contributed by atoms with Crippen molar-refractivity contribution >= 4 is 23.2 Å². The number of thiophene rings is 1. The highest BCUT2D eigenvalue weighted by Gasteiger charge is 2.41. The first-order valence-corrected chi connectivity index (χ1v) is 13.5. The molecule has 5 rings (SSSR count). The number of methoxy groups -OCH3 is 1. The summed E-state index contributed by atoms with van der Waals surface area (Å²) in [7, 11) is 1.57. The van der Waals surface area contributed by atoms with Crippen LogP contribution in [0.4, 0.5) is 0 Å². The molecule has 2 aliphatic rings. The first-order valence-electron chi connectivity index (χ1n) is 12.6. The van der Waals surface area contributed by atoms with Crippen molar-refractivity contribution in [2.75, 3.05) is 7.11 Å². The third-order valence-corrected chi connectivity index (χ3v) is 7.97. The molecule has 0 saturated heterocycles. The van der Waals surface area contributed by atoms with Crippen molar-refractivity contribution in [2.24, 2.45) is 0 Å². The molecular weight excluding hydrogens is 490 g/mol. The molecule has 37 heavy (non-hydrogen) atoms. The lowest BCUT2D eigenvalue weighted by molar-refractivity contribution is -0.160. The van der Waals surface area contributed by atoms with Crippen LogP contribution in [0.5, 0.6) is 11.5 Å². The van der Waals surface area contributed by atoms with Crippen molar-refractivity contribution in [3.05, 3.63) is 81.5 Å². The smallest absolute Gasteiger partial charge is 0.326 e. The van der Waals surface area contributed by atoms with E-state index in [2.05, 4.69) is 0 Å². The van der Waals surface area contributed by atoms with Gasteiger partial charge < -0.3 is 24.2 Å². The summed E-state index contributed by atoms with van der Waals surface area (Å²) in [6.07, 6.45) is 3.24. The van der Waals surface area contributed by atoms with Gasteiger partial charge >= 0.3 is 5.97 Å². The maximum absolute atomic E-state index is 14.0. The van der Waals surface area contributed by atoms with Crippen LogP contribution in [-0.2, 0) is 33.9 Å². The van der Waals surface area contributed by atoms with E-state index in [1.165, 1.54) is 4.90 Å². The second kappa shape index (κ2) is 11.4. The topological polar surface area (TPSA) is 85.3 Å². The van der Waals surface area contributed by atoms with Gasteiger partial charge in [0, 0.05) is 23.4 Å². The van der Waals surface area contributed by atoms with Gasteiger partial charge in [-0.25, -0.2) is 4.79 Å². The fourth-order valence-corrected chi connectivity index (χ4v) is 5.82. The molecule has 194 valence electrons. The average molecular weight is 522 g/mol. The Morgan fingerprint density at radius 2 is 1.86 bits per heavy atom. The van der Waals surface area contributed by atoms with E-state index in [0.717, 1.165) is 47.3 Å². The number of carbonyl (C=O) groups is 2. The first kappa shape index (κ1) is 25.3. The Hall–Kier alpha value is -3.36. The molecule has 1 aliphatic heterocycles. The van der Waals surface area contributed by atoms with Crippen LogP contribution >= 0.6 is 11.3 Å². The molecule has 0 spiro atoms. The van der Waals surface area contributed by atoms with E-state index in [1.54, 1.807) is 18.4 Å². The largest absolute Gasteiger partial charge is 0.493 e. The molecule has 1 amide bonds. The molecule has 2 heterocycles. The number of carboxylic acids is 1. The Morgan fingerprint density at radius 1 is 1.08 bits per heavy atom. The van der Waals surface area contributed by atoms with Crippen molar-refractivity contribution in [3.63, 3.8) is 0 Å². The Balaban J connectivity index is 1.46. The van der Waals surface area contributed by atoms with Crippen LogP contribution in [0.1, 0.15) is 53.4 Å². The third-order valence-electron chi connectivity index (χ3n) is 7.12. The molecule has 2 unspecified atom stereocenters. The SMILES string of the molecule is COc1ccc2c(c1OCc1cccs1)CC(C(=O)O)N(C(=O)C(OC1CCCC1)c1ccccc1)C2. The maximum Gasteiger partial charge on any atom is 0.326 e. The zero-order valence-corrected chi connectivity index (χ0v) is 21.6. The predicted molar refractivity (Wildman–Crippen MR) is 140 cm³/mol. The molecule has 8 heteroatoms. The fourth-order valence-electron chi connectivity index (χ4n) is 5.20. The second-order valence-electron chi connectivity index (χ2n) is 9.46. The van der Waals surface area contributed by atoms with Crippen LogP contribution in [-0.4, -0.2) is 41.1 Å². The summed E-state index contributed by atoms with van der Waals surface area (Å²) in [5, 5.41) is 12.2. The van der Waals surface area contributed by atoms with Gasteiger partial charge in [-0.3, -0.25) is 4.79 Å². The van der Waals surface area contributed by atoms with Crippen LogP contribution in [0.3, 0.4) is 0 Å². The summed E-state index contributed by atoms with van der Waals surface area (Å²) in [5.41, 5.74) is 2.35. The normalized spacial score (nSPS) is 18.3. The number of benzene rings is 2. The number of carbonyl (C=O) groups excluding carboxylic acids is 1. The molecule has 1 saturated carbocycles. The lowest BCUT2D eigenvalue weighted by Gasteiger charge is -2.37. The highest BCUT2D eigenvalue weighted by Crippen LogP contribution is 2.40. The van der Waals surface area contributed by atoms with Crippen molar-refractivity contribution in [2.45, 2.75) is 63.5 Å². The number of amides is 1. The quantitative estimate of drug-likeness (QED) is 0.407. The summed E-state index contributed by atoms with van der Waals surface area (Å²) < 4.78 is 18.1. The minimum absolute atomic E-state index is 0.00368. The number of ether oxygens (including phenoxy) is 3. The summed E-state index contributed by atoms with van der Waals surface area (Å²) >= 11 is 1.59. The monoisotopic (exact) mass is 521 g/mol. The minimum atomic E-state index is -1.06. The number of fused-ring (bicyclic) bond motifs is 1. The highest BCUT2D eigenvalue weighted by atomic mass is 32.1. The number of hydrogen-bond donors (Lipinski definition) is 1. The molecule has 1 aromatic heterocycles.